The first kappa shape index (κ1) is 7.61. The molecule has 0 saturated carbocycles. The average Bonchev–Trinajstić information content (AvgIpc) is 2.53. The minimum Gasteiger partial charge on any atom is -0.401 e. The van der Waals surface area contributed by atoms with Crippen LogP contribution in [0.1, 0.15) is 6.92 Å². The van der Waals surface area contributed by atoms with Gasteiger partial charge in [0.25, 0.3) is 0 Å². The van der Waals surface area contributed by atoms with Crippen LogP contribution in [0.25, 0.3) is 0 Å². The van der Waals surface area contributed by atoms with Gasteiger partial charge in [-0.15, -0.1) is 0 Å². The Labute approximate surface area is 71.2 Å². The van der Waals surface area contributed by atoms with Gasteiger partial charge in [0.1, 0.15) is 0 Å². The van der Waals surface area contributed by atoms with Gasteiger partial charge in [0.15, 0.2) is 0 Å². The fourth-order valence-corrected chi connectivity index (χ4v) is 1.74. The molecule has 0 aromatic rings. The molecule has 0 bridgehead atoms. The molecule has 1 aliphatic heterocycles. The molecular formula is C8H13N3O. The van der Waals surface area contributed by atoms with Crippen LogP contribution in [0.5, 0.6) is 0 Å². The molecule has 1 heterocycles. The summed E-state index contributed by atoms with van der Waals surface area (Å²) in [6.07, 6.45) is 0. The van der Waals surface area contributed by atoms with Crippen LogP contribution >= 0.6 is 0 Å². The van der Waals surface area contributed by atoms with E-state index in [1.54, 1.807) is 0 Å². The second kappa shape index (κ2) is 2.23. The first-order chi connectivity index (χ1) is 5.61. The zero-order chi connectivity index (χ0) is 8.88. The SMILES string of the molecule is CC(C(N)=O)N1CC2=C(N)C2C1. The van der Waals surface area contributed by atoms with Gasteiger partial charge in [-0.2, -0.15) is 0 Å². The number of fused-ring (bicyclic) bond motifs is 1. The lowest BCUT2D eigenvalue weighted by atomic mass is 10.2. The number of primary amides is 1. The standard InChI is InChI=1S/C8H13N3O/c1-4(8(10)12)11-2-5-6(3-11)7(5)9/h4-5H,2-3,9H2,1H3,(H2,10,12). The number of nitrogens with two attached hydrogens (primary N) is 2. The first-order valence-corrected chi connectivity index (χ1v) is 4.13. The minimum absolute atomic E-state index is 0.155. The molecule has 1 saturated heterocycles. The van der Waals surface area contributed by atoms with Crippen LogP contribution in [0.2, 0.25) is 0 Å². The predicted molar refractivity (Wildman–Crippen MR) is 44.9 cm³/mol. The van der Waals surface area contributed by atoms with Crippen molar-refractivity contribution in [3.63, 3.8) is 0 Å². The number of amides is 1. The molecule has 66 valence electrons. The second-order valence-electron chi connectivity index (χ2n) is 3.54. The van der Waals surface area contributed by atoms with E-state index in [4.69, 9.17) is 11.5 Å². The smallest absolute Gasteiger partial charge is 0.234 e. The minimum atomic E-state index is -0.254. The van der Waals surface area contributed by atoms with Crippen molar-refractivity contribution in [3.8, 4) is 0 Å². The van der Waals surface area contributed by atoms with E-state index in [0.717, 1.165) is 18.8 Å². The van der Waals surface area contributed by atoms with Gasteiger partial charge in [-0.3, -0.25) is 9.69 Å². The van der Waals surface area contributed by atoms with Gasteiger partial charge in [-0.05, 0) is 12.5 Å². The van der Waals surface area contributed by atoms with Crippen LogP contribution in [-0.4, -0.2) is 29.9 Å². The van der Waals surface area contributed by atoms with Gasteiger partial charge in [-0.25, -0.2) is 0 Å². The van der Waals surface area contributed by atoms with Crippen LogP contribution in [0.4, 0.5) is 0 Å². The number of likely N-dealkylation sites (tertiary alicyclic amines) is 1. The Morgan fingerprint density at radius 1 is 1.75 bits per heavy atom. The topological polar surface area (TPSA) is 72.4 Å². The molecule has 2 unspecified atom stereocenters. The summed E-state index contributed by atoms with van der Waals surface area (Å²) in [5, 5.41) is 0. The number of hydrogen-bond acceptors (Lipinski definition) is 3. The third-order valence-electron chi connectivity index (χ3n) is 2.83. The van der Waals surface area contributed by atoms with Gasteiger partial charge < -0.3 is 11.5 Å². The number of nitrogens with zero attached hydrogens (tertiary/aromatic N) is 1. The molecule has 4 nitrogen and oxygen atoms in total. The molecule has 0 spiro atoms. The quantitative estimate of drug-likeness (QED) is 0.555. The van der Waals surface area contributed by atoms with E-state index < -0.39 is 0 Å². The van der Waals surface area contributed by atoms with Gasteiger partial charge in [0, 0.05) is 24.7 Å². The largest absolute Gasteiger partial charge is 0.401 e. The van der Waals surface area contributed by atoms with Gasteiger partial charge in [0.05, 0.1) is 6.04 Å². The van der Waals surface area contributed by atoms with E-state index >= 15 is 0 Å². The Morgan fingerprint density at radius 3 is 2.83 bits per heavy atom. The molecule has 1 aliphatic carbocycles. The second-order valence-corrected chi connectivity index (χ2v) is 3.54. The van der Waals surface area contributed by atoms with Crippen molar-refractivity contribution in [1.82, 2.24) is 4.90 Å². The van der Waals surface area contributed by atoms with Crippen LogP contribution < -0.4 is 11.5 Å². The highest BCUT2D eigenvalue weighted by atomic mass is 16.1. The van der Waals surface area contributed by atoms with Crippen LogP contribution in [0.3, 0.4) is 0 Å². The summed E-state index contributed by atoms with van der Waals surface area (Å²) >= 11 is 0. The van der Waals surface area contributed by atoms with Crippen LogP contribution in [0, 0.1) is 5.92 Å². The van der Waals surface area contributed by atoms with Gasteiger partial charge in [0.2, 0.25) is 5.91 Å². The lowest BCUT2D eigenvalue weighted by Crippen LogP contribution is -2.42. The Balaban J connectivity index is 1.98. The first-order valence-electron chi connectivity index (χ1n) is 4.13. The van der Waals surface area contributed by atoms with E-state index in [1.807, 2.05) is 6.92 Å². The van der Waals surface area contributed by atoms with Gasteiger partial charge in [-0.1, -0.05) is 0 Å². The van der Waals surface area contributed by atoms with Crippen molar-refractivity contribution in [2.45, 2.75) is 13.0 Å². The molecule has 2 aliphatic rings. The van der Waals surface area contributed by atoms with Crippen molar-refractivity contribution in [3.05, 3.63) is 11.3 Å². The Morgan fingerprint density at radius 2 is 2.42 bits per heavy atom. The summed E-state index contributed by atoms with van der Waals surface area (Å²) in [5.74, 6) is 0.210. The lowest BCUT2D eigenvalue weighted by molar-refractivity contribution is -0.122. The Hall–Kier alpha value is -1.03. The summed E-state index contributed by atoms with van der Waals surface area (Å²) in [7, 11) is 0. The van der Waals surface area contributed by atoms with Crippen molar-refractivity contribution in [2.24, 2.45) is 17.4 Å². The molecule has 1 fully saturated rings. The van der Waals surface area contributed by atoms with Crippen LogP contribution in [-0.2, 0) is 4.79 Å². The summed E-state index contributed by atoms with van der Waals surface area (Å²) < 4.78 is 0. The maximum Gasteiger partial charge on any atom is 0.234 e. The maximum atomic E-state index is 10.8. The number of hydrogen-bond donors (Lipinski definition) is 2. The lowest BCUT2D eigenvalue weighted by Gasteiger charge is -2.21. The summed E-state index contributed by atoms with van der Waals surface area (Å²) in [6, 6.07) is -0.155. The molecule has 2 atom stereocenters. The third kappa shape index (κ3) is 0.914. The Kier molecular flexibility index (Phi) is 1.41. The summed E-state index contributed by atoms with van der Waals surface area (Å²) in [6.45, 7) is 3.55. The fraction of sp³-hybridized carbons (Fsp3) is 0.625. The monoisotopic (exact) mass is 167 g/mol. The molecule has 12 heavy (non-hydrogen) atoms. The number of rotatable bonds is 2. The Bertz CT molecular complexity index is 271. The normalized spacial score (nSPS) is 30.2. The molecular weight excluding hydrogens is 154 g/mol. The van der Waals surface area contributed by atoms with Crippen molar-refractivity contribution < 1.29 is 4.79 Å². The van der Waals surface area contributed by atoms with Crippen LogP contribution in [0.15, 0.2) is 11.3 Å². The highest BCUT2D eigenvalue weighted by Crippen LogP contribution is 2.42. The van der Waals surface area contributed by atoms with Crippen molar-refractivity contribution >= 4 is 5.91 Å². The summed E-state index contributed by atoms with van der Waals surface area (Å²) in [4.78, 5) is 12.9. The molecule has 1 amide bonds. The van der Waals surface area contributed by atoms with Crippen molar-refractivity contribution in [2.75, 3.05) is 13.1 Å². The predicted octanol–water partition coefficient (Wildman–Crippen LogP) is -0.982. The summed E-state index contributed by atoms with van der Waals surface area (Å²) in [5.41, 5.74) is 13.2. The molecule has 0 radical (unpaired) electrons. The number of carbonyl (C=O) groups excluding carboxylic acids is 1. The highest BCUT2D eigenvalue weighted by Gasteiger charge is 2.44. The zero-order valence-electron chi connectivity index (χ0n) is 7.08. The average molecular weight is 167 g/mol. The van der Waals surface area contributed by atoms with Crippen molar-refractivity contribution in [1.29, 1.82) is 0 Å². The fourth-order valence-electron chi connectivity index (χ4n) is 1.74. The maximum absolute atomic E-state index is 10.8. The van der Waals surface area contributed by atoms with E-state index in [1.165, 1.54) is 5.57 Å². The van der Waals surface area contributed by atoms with E-state index in [9.17, 15) is 4.79 Å². The number of carbonyl (C=O) groups is 1. The van der Waals surface area contributed by atoms with E-state index in [2.05, 4.69) is 4.90 Å². The van der Waals surface area contributed by atoms with E-state index in [-0.39, 0.29) is 11.9 Å². The molecule has 4 heteroatoms. The molecule has 0 aromatic carbocycles. The zero-order valence-corrected chi connectivity index (χ0v) is 7.08. The molecule has 4 N–H and O–H groups in total. The molecule has 0 aromatic heterocycles. The molecule has 2 rings (SSSR count). The highest BCUT2D eigenvalue weighted by molar-refractivity contribution is 5.79. The van der Waals surface area contributed by atoms with Gasteiger partial charge >= 0.3 is 0 Å². The van der Waals surface area contributed by atoms with E-state index in [0.29, 0.717) is 5.92 Å². The third-order valence-corrected chi connectivity index (χ3v) is 2.83.